The predicted molar refractivity (Wildman–Crippen MR) is 49.4 cm³/mol. The Labute approximate surface area is 77.7 Å². The molecule has 0 unspecified atom stereocenters. The van der Waals surface area contributed by atoms with Gasteiger partial charge < -0.3 is 0 Å². The third-order valence-corrected chi connectivity index (χ3v) is 0.667. The summed E-state index contributed by atoms with van der Waals surface area (Å²) < 4.78 is 25.2. The molecule has 0 saturated carbocycles. The van der Waals surface area contributed by atoms with Crippen LogP contribution in [0.1, 0.15) is 0 Å². The van der Waals surface area contributed by atoms with E-state index in [1.807, 2.05) is 36.4 Å². The first-order valence-electron chi connectivity index (χ1n) is 2.75. The van der Waals surface area contributed by atoms with Crippen molar-refractivity contribution in [1.82, 2.24) is 0 Å². The highest BCUT2D eigenvalue weighted by Gasteiger charge is 1.81. The summed E-state index contributed by atoms with van der Waals surface area (Å²) in [5, 5.41) is 3.88. The number of benzene rings is 1. The molecule has 6 heteroatoms. The van der Waals surface area contributed by atoms with Crippen LogP contribution in [0.4, 0.5) is 0 Å². The van der Waals surface area contributed by atoms with E-state index in [0.29, 0.717) is 0 Å². The molecule has 0 saturated heterocycles. The summed E-state index contributed by atoms with van der Waals surface area (Å²) >= 11 is 0. The van der Waals surface area contributed by atoms with Crippen molar-refractivity contribution in [1.29, 1.82) is 0 Å². The Hall–Kier alpha value is -0.620. The van der Waals surface area contributed by atoms with E-state index in [0.717, 1.165) is 0 Å². The monoisotopic (exact) mass is 211 g/mol. The molecule has 0 aliphatic carbocycles. The molecule has 0 radical (unpaired) electrons. The standard InChI is InChI=1S/C6H6.ClH.H3NO3S/c1-2-4-6-5-3-1;;1-5(2,3)4/h1-6H;1H;(H3,1,2,3,4). The smallest absolute Gasteiger partial charge is 0.274 e. The van der Waals surface area contributed by atoms with Crippen LogP contribution in [0.25, 0.3) is 0 Å². The molecule has 0 aliphatic heterocycles. The van der Waals surface area contributed by atoms with Crippen molar-refractivity contribution in [3.63, 3.8) is 0 Å². The van der Waals surface area contributed by atoms with E-state index >= 15 is 0 Å². The van der Waals surface area contributed by atoms with Gasteiger partial charge in [-0.2, -0.15) is 8.42 Å². The van der Waals surface area contributed by atoms with Crippen molar-refractivity contribution in [3.05, 3.63) is 36.4 Å². The van der Waals surface area contributed by atoms with E-state index in [4.69, 9.17) is 13.0 Å². The third-order valence-electron chi connectivity index (χ3n) is 0.667. The fourth-order valence-electron chi connectivity index (χ4n) is 0.385. The number of hydrogen-bond acceptors (Lipinski definition) is 2. The maximum atomic E-state index is 8.97. The van der Waals surface area contributed by atoms with Crippen LogP contribution in [0.5, 0.6) is 0 Å². The Morgan fingerprint density at radius 3 is 1.08 bits per heavy atom. The molecule has 1 aromatic rings. The summed E-state index contributed by atoms with van der Waals surface area (Å²) in [5.74, 6) is 0. The number of hydrogen-bond donors (Lipinski definition) is 2. The van der Waals surface area contributed by atoms with Gasteiger partial charge in [-0.05, 0) is 0 Å². The minimum absolute atomic E-state index is 0. The summed E-state index contributed by atoms with van der Waals surface area (Å²) in [6, 6.07) is 12.0. The molecule has 0 spiro atoms. The van der Waals surface area contributed by atoms with Gasteiger partial charge >= 0.3 is 10.3 Å². The summed E-state index contributed by atoms with van der Waals surface area (Å²) in [6.07, 6.45) is 0. The van der Waals surface area contributed by atoms with Gasteiger partial charge in [0.2, 0.25) is 0 Å². The second-order valence-electron chi connectivity index (χ2n) is 1.67. The van der Waals surface area contributed by atoms with Crippen LogP contribution in [0.2, 0.25) is 0 Å². The van der Waals surface area contributed by atoms with Gasteiger partial charge in [-0.1, -0.05) is 36.4 Å². The van der Waals surface area contributed by atoms with Gasteiger partial charge in [-0.25, -0.2) is 5.14 Å². The fourth-order valence-corrected chi connectivity index (χ4v) is 0.385. The highest BCUT2D eigenvalue weighted by molar-refractivity contribution is 7.83. The van der Waals surface area contributed by atoms with E-state index in [1.165, 1.54) is 0 Å². The lowest BCUT2D eigenvalue weighted by molar-refractivity contribution is 0.485. The molecule has 0 aliphatic rings. The SMILES string of the molecule is Cl.NS(=O)(=O)O.c1ccccc1. The van der Waals surface area contributed by atoms with Gasteiger partial charge in [0.15, 0.2) is 0 Å². The Kier molecular flexibility index (Phi) is 8.19. The summed E-state index contributed by atoms with van der Waals surface area (Å²) in [4.78, 5) is 0. The van der Waals surface area contributed by atoms with E-state index < -0.39 is 10.3 Å². The number of nitrogens with two attached hydrogens (primary N) is 1. The number of halogens is 1. The molecule has 0 bridgehead atoms. The zero-order chi connectivity index (χ0) is 8.74. The van der Waals surface area contributed by atoms with Crippen molar-refractivity contribution in [3.8, 4) is 0 Å². The van der Waals surface area contributed by atoms with Crippen molar-refractivity contribution in [2.75, 3.05) is 0 Å². The molecule has 70 valence electrons. The minimum atomic E-state index is -4.17. The van der Waals surface area contributed by atoms with Crippen LogP contribution >= 0.6 is 12.4 Å². The molecule has 0 amide bonds. The molecular formula is C6H10ClNO3S. The van der Waals surface area contributed by atoms with Crippen LogP contribution in [-0.2, 0) is 10.3 Å². The second-order valence-corrected chi connectivity index (χ2v) is 2.70. The van der Waals surface area contributed by atoms with Crippen LogP contribution in [0, 0.1) is 0 Å². The molecule has 0 heterocycles. The fraction of sp³-hybridized carbons (Fsp3) is 0. The Bertz CT molecular complexity index is 239. The van der Waals surface area contributed by atoms with Crippen molar-refractivity contribution in [2.24, 2.45) is 5.14 Å². The lowest BCUT2D eigenvalue weighted by Gasteiger charge is -1.70. The molecule has 0 fully saturated rings. The predicted octanol–water partition coefficient (Wildman–Crippen LogP) is 0.856. The Morgan fingerprint density at radius 2 is 1.00 bits per heavy atom. The van der Waals surface area contributed by atoms with Crippen molar-refractivity contribution >= 4 is 22.7 Å². The first kappa shape index (κ1) is 13.9. The van der Waals surface area contributed by atoms with Crippen LogP contribution in [-0.4, -0.2) is 13.0 Å². The summed E-state index contributed by atoms with van der Waals surface area (Å²) in [5.41, 5.74) is 0. The van der Waals surface area contributed by atoms with Crippen molar-refractivity contribution < 1.29 is 13.0 Å². The lowest BCUT2D eigenvalue weighted by atomic mass is 10.4. The topological polar surface area (TPSA) is 80.4 Å². The molecule has 1 rings (SSSR count). The Morgan fingerprint density at radius 1 is 0.917 bits per heavy atom. The van der Waals surface area contributed by atoms with Gasteiger partial charge in [-0.3, -0.25) is 4.55 Å². The van der Waals surface area contributed by atoms with Crippen molar-refractivity contribution in [2.45, 2.75) is 0 Å². The van der Waals surface area contributed by atoms with E-state index in [1.54, 1.807) is 0 Å². The zero-order valence-corrected chi connectivity index (χ0v) is 7.75. The maximum absolute atomic E-state index is 8.97. The quantitative estimate of drug-likeness (QED) is 0.625. The zero-order valence-electron chi connectivity index (χ0n) is 6.12. The van der Waals surface area contributed by atoms with E-state index in [-0.39, 0.29) is 12.4 Å². The maximum Gasteiger partial charge on any atom is 0.330 e. The average molecular weight is 212 g/mol. The van der Waals surface area contributed by atoms with E-state index in [9.17, 15) is 0 Å². The normalized spacial score (nSPS) is 8.83. The van der Waals surface area contributed by atoms with Gasteiger partial charge in [0.05, 0.1) is 0 Å². The van der Waals surface area contributed by atoms with Gasteiger partial charge in [0, 0.05) is 0 Å². The largest absolute Gasteiger partial charge is 0.330 e. The van der Waals surface area contributed by atoms with Gasteiger partial charge in [-0.15, -0.1) is 12.4 Å². The number of rotatable bonds is 0. The molecule has 0 aromatic heterocycles. The van der Waals surface area contributed by atoms with Crippen LogP contribution in [0.3, 0.4) is 0 Å². The van der Waals surface area contributed by atoms with Gasteiger partial charge in [0.25, 0.3) is 0 Å². The van der Waals surface area contributed by atoms with E-state index in [2.05, 4.69) is 5.14 Å². The summed E-state index contributed by atoms with van der Waals surface area (Å²) in [6.45, 7) is 0. The average Bonchev–Trinajstić information content (AvgIpc) is 1.88. The third kappa shape index (κ3) is 22.8. The first-order valence-corrected chi connectivity index (χ1v) is 4.25. The minimum Gasteiger partial charge on any atom is -0.274 e. The van der Waals surface area contributed by atoms with Gasteiger partial charge in [0.1, 0.15) is 0 Å². The molecule has 1 aromatic carbocycles. The van der Waals surface area contributed by atoms with Crippen LogP contribution < -0.4 is 5.14 Å². The highest BCUT2D eigenvalue weighted by Crippen LogP contribution is 1.79. The molecule has 3 N–H and O–H groups in total. The molecule has 12 heavy (non-hydrogen) atoms. The van der Waals surface area contributed by atoms with Crippen LogP contribution in [0.15, 0.2) is 36.4 Å². The summed E-state index contributed by atoms with van der Waals surface area (Å²) in [7, 11) is -4.17. The molecule has 4 nitrogen and oxygen atoms in total. The Balaban J connectivity index is 0. The highest BCUT2D eigenvalue weighted by atomic mass is 35.5. The molecular weight excluding hydrogens is 202 g/mol. The first-order chi connectivity index (χ1) is 5.00. The lowest BCUT2D eigenvalue weighted by Crippen LogP contribution is -2.08. The molecule has 0 atom stereocenters. The second kappa shape index (κ2) is 7.05.